The molecule has 0 heterocycles. The standard InChI is InChI=1S/C15H24N2O3/c1-3-5-9-17(10-11-18)15(19)14-12(16)7-6-8-13(14)20-4-2/h6-8,18H,3-5,9-11,16H2,1-2H3. The highest BCUT2D eigenvalue weighted by Crippen LogP contribution is 2.26. The summed E-state index contributed by atoms with van der Waals surface area (Å²) in [6, 6.07) is 5.19. The summed E-state index contributed by atoms with van der Waals surface area (Å²) in [6.07, 6.45) is 1.88. The molecule has 0 aliphatic heterocycles. The van der Waals surface area contributed by atoms with E-state index in [0.717, 1.165) is 12.8 Å². The highest BCUT2D eigenvalue weighted by atomic mass is 16.5. The smallest absolute Gasteiger partial charge is 0.259 e. The first-order chi connectivity index (χ1) is 9.65. The molecule has 0 radical (unpaired) electrons. The minimum absolute atomic E-state index is 0.0633. The van der Waals surface area contributed by atoms with Crippen LogP contribution in [0, 0.1) is 0 Å². The molecule has 20 heavy (non-hydrogen) atoms. The summed E-state index contributed by atoms with van der Waals surface area (Å²) < 4.78 is 5.48. The molecule has 0 unspecified atom stereocenters. The van der Waals surface area contributed by atoms with Gasteiger partial charge in [-0.15, -0.1) is 0 Å². The molecule has 0 bridgehead atoms. The Balaban J connectivity index is 3.03. The Bertz CT molecular complexity index is 435. The highest BCUT2D eigenvalue weighted by molar-refractivity contribution is 6.01. The van der Waals surface area contributed by atoms with E-state index in [1.54, 1.807) is 23.1 Å². The predicted octanol–water partition coefficient (Wildman–Crippen LogP) is 1.90. The first-order valence-electron chi connectivity index (χ1n) is 7.07. The van der Waals surface area contributed by atoms with E-state index in [0.29, 0.717) is 36.7 Å². The van der Waals surface area contributed by atoms with Crippen LogP contribution in [0.25, 0.3) is 0 Å². The summed E-state index contributed by atoms with van der Waals surface area (Å²) in [5, 5.41) is 9.12. The number of unbranched alkanes of at least 4 members (excludes halogenated alkanes) is 1. The number of hydrogen-bond donors (Lipinski definition) is 2. The average Bonchev–Trinajstić information content (AvgIpc) is 2.43. The van der Waals surface area contributed by atoms with Crippen molar-refractivity contribution in [2.75, 3.05) is 32.0 Å². The van der Waals surface area contributed by atoms with E-state index in [9.17, 15) is 4.79 Å². The highest BCUT2D eigenvalue weighted by Gasteiger charge is 2.21. The number of aliphatic hydroxyl groups excluding tert-OH is 1. The second-order valence-corrected chi connectivity index (χ2v) is 4.52. The Kier molecular flexibility index (Phi) is 6.87. The Hall–Kier alpha value is -1.75. The quantitative estimate of drug-likeness (QED) is 0.713. The lowest BCUT2D eigenvalue weighted by Gasteiger charge is -2.23. The topological polar surface area (TPSA) is 75.8 Å². The number of amides is 1. The zero-order chi connectivity index (χ0) is 15.0. The van der Waals surface area contributed by atoms with E-state index in [1.165, 1.54) is 0 Å². The molecule has 0 fully saturated rings. The number of hydrogen-bond acceptors (Lipinski definition) is 4. The summed E-state index contributed by atoms with van der Waals surface area (Å²) in [5.41, 5.74) is 6.72. The largest absolute Gasteiger partial charge is 0.493 e. The van der Waals surface area contributed by atoms with Crippen molar-refractivity contribution in [1.29, 1.82) is 0 Å². The fourth-order valence-electron chi connectivity index (χ4n) is 2.00. The van der Waals surface area contributed by atoms with Crippen molar-refractivity contribution in [3.63, 3.8) is 0 Å². The number of nitrogens with two attached hydrogens (primary N) is 1. The van der Waals surface area contributed by atoms with Gasteiger partial charge < -0.3 is 20.5 Å². The van der Waals surface area contributed by atoms with Gasteiger partial charge in [-0.3, -0.25) is 4.79 Å². The van der Waals surface area contributed by atoms with Gasteiger partial charge in [-0.05, 0) is 25.5 Å². The predicted molar refractivity (Wildman–Crippen MR) is 79.9 cm³/mol. The monoisotopic (exact) mass is 280 g/mol. The van der Waals surface area contributed by atoms with Crippen molar-refractivity contribution in [3.05, 3.63) is 23.8 Å². The summed E-state index contributed by atoms with van der Waals surface area (Å²) >= 11 is 0. The van der Waals surface area contributed by atoms with Crippen molar-refractivity contribution in [3.8, 4) is 5.75 Å². The number of anilines is 1. The number of benzene rings is 1. The van der Waals surface area contributed by atoms with Gasteiger partial charge in [0.1, 0.15) is 11.3 Å². The van der Waals surface area contributed by atoms with Gasteiger partial charge in [0.05, 0.1) is 13.2 Å². The van der Waals surface area contributed by atoms with Gasteiger partial charge in [-0.2, -0.15) is 0 Å². The Labute approximate surface area is 120 Å². The van der Waals surface area contributed by atoms with Gasteiger partial charge in [-0.1, -0.05) is 19.4 Å². The van der Waals surface area contributed by atoms with Gasteiger partial charge in [0.2, 0.25) is 0 Å². The number of ether oxygens (including phenoxy) is 1. The van der Waals surface area contributed by atoms with E-state index in [-0.39, 0.29) is 12.5 Å². The maximum atomic E-state index is 12.6. The van der Waals surface area contributed by atoms with Crippen LogP contribution in [-0.2, 0) is 0 Å². The third-order valence-electron chi connectivity index (χ3n) is 3.01. The summed E-state index contributed by atoms with van der Waals surface area (Å²) in [5.74, 6) is 0.311. The van der Waals surface area contributed by atoms with Crippen LogP contribution >= 0.6 is 0 Å². The maximum absolute atomic E-state index is 12.6. The molecular weight excluding hydrogens is 256 g/mol. The van der Waals surface area contributed by atoms with Crippen molar-refractivity contribution < 1.29 is 14.6 Å². The maximum Gasteiger partial charge on any atom is 0.259 e. The molecular formula is C15H24N2O3. The van der Waals surface area contributed by atoms with Crippen LogP contribution in [-0.4, -0.2) is 42.2 Å². The number of nitrogens with zero attached hydrogens (tertiary/aromatic N) is 1. The van der Waals surface area contributed by atoms with E-state index in [1.807, 2.05) is 6.92 Å². The average molecular weight is 280 g/mol. The van der Waals surface area contributed by atoms with Gasteiger partial charge in [-0.25, -0.2) is 0 Å². The first kappa shape index (κ1) is 16.3. The molecule has 1 rings (SSSR count). The van der Waals surface area contributed by atoms with Crippen molar-refractivity contribution >= 4 is 11.6 Å². The Morgan fingerprint density at radius 2 is 2.10 bits per heavy atom. The van der Waals surface area contributed by atoms with E-state index >= 15 is 0 Å². The first-order valence-corrected chi connectivity index (χ1v) is 7.07. The van der Waals surface area contributed by atoms with Gasteiger partial charge >= 0.3 is 0 Å². The molecule has 5 nitrogen and oxygen atoms in total. The summed E-state index contributed by atoms with van der Waals surface area (Å²) in [4.78, 5) is 14.2. The van der Waals surface area contributed by atoms with Crippen LogP contribution < -0.4 is 10.5 Å². The van der Waals surface area contributed by atoms with E-state index < -0.39 is 0 Å². The molecule has 3 N–H and O–H groups in total. The van der Waals surface area contributed by atoms with Crippen molar-refractivity contribution in [2.24, 2.45) is 0 Å². The zero-order valence-corrected chi connectivity index (χ0v) is 12.3. The summed E-state index contributed by atoms with van der Waals surface area (Å²) in [7, 11) is 0. The molecule has 1 amide bonds. The number of rotatable bonds is 8. The minimum atomic E-state index is -0.186. The number of nitrogen functional groups attached to an aromatic ring is 1. The Morgan fingerprint density at radius 3 is 2.70 bits per heavy atom. The second-order valence-electron chi connectivity index (χ2n) is 4.52. The number of carbonyl (C=O) groups is 1. The lowest BCUT2D eigenvalue weighted by molar-refractivity contribution is 0.0716. The zero-order valence-electron chi connectivity index (χ0n) is 12.3. The fraction of sp³-hybridized carbons (Fsp3) is 0.533. The molecule has 0 spiro atoms. The minimum Gasteiger partial charge on any atom is -0.493 e. The second kappa shape index (κ2) is 8.43. The molecule has 0 aromatic heterocycles. The molecule has 5 heteroatoms. The van der Waals surface area contributed by atoms with Gasteiger partial charge in [0.25, 0.3) is 5.91 Å². The van der Waals surface area contributed by atoms with Crippen LogP contribution in [0.4, 0.5) is 5.69 Å². The fourth-order valence-corrected chi connectivity index (χ4v) is 2.00. The Morgan fingerprint density at radius 1 is 1.35 bits per heavy atom. The third-order valence-corrected chi connectivity index (χ3v) is 3.01. The normalized spacial score (nSPS) is 10.3. The lowest BCUT2D eigenvalue weighted by Crippen LogP contribution is -2.35. The van der Waals surface area contributed by atoms with Crippen LogP contribution in [0.3, 0.4) is 0 Å². The lowest BCUT2D eigenvalue weighted by atomic mass is 10.1. The van der Waals surface area contributed by atoms with Crippen molar-refractivity contribution in [2.45, 2.75) is 26.7 Å². The van der Waals surface area contributed by atoms with Crippen LogP contribution in [0.1, 0.15) is 37.0 Å². The molecule has 0 aliphatic rings. The molecule has 0 atom stereocenters. The molecule has 0 saturated carbocycles. The number of aliphatic hydroxyl groups is 1. The van der Waals surface area contributed by atoms with E-state index in [4.69, 9.17) is 15.6 Å². The van der Waals surface area contributed by atoms with Gasteiger partial charge in [0, 0.05) is 18.8 Å². The van der Waals surface area contributed by atoms with Gasteiger partial charge in [0.15, 0.2) is 0 Å². The van der Waals surface area contributed by atoms with Crippen LogP contribution in [0.15, 0.2) is 18.2 Å². The van der Waals surface area contributed by atoms with Crippen LogP contribution in [0.5, 0.6) is 5.75 Å². The summed E-state index contributed by atoms with van der Waals surface area (Å²) in [6.45, 7) is 5.24. The molecule has 1 aromatic carbocycles. The molecule has 1 aromatic rings. The molecule has 0 aliphatic carbocycles. The van der Waals surface area contributed by atoms with Crippen molar-refractivity contribution in [1.82, 2.24) is 4.90 Å². The number of carbonyl (C=O) groups excluding carboxylic acids is 1. The third kappa shape index (κ3) is 4.13. The van der Waals surface area contributed by atoms with E-state index in [2.05, 4.69) is 6.92 Å². The van der Waals surface area contributed by atoms with Crippen LogP contribution in [0.2, 0.25) is 0 Å². The molecule has 112 valence electrons. The SMILES string of the molecule is CCCCN(CCO)C(=O)c1c(N)cccc1OCC. The molecule has 0 saturated heterocycles.